The number of amides is 1. The van der Waals surface area contributed by atoms with Crippen LogP contribution in [0.25, 0.3) is 33.5 Å². The Balaban J connectivity index is 1.18. The number of H-pyrrole nitrogens is 1. The van der Waals surface area contributed by atoms with Gasteiger partial charge in [0, 0.05) is 5.56 Å². The van der Waals surface area contributed by atoms with Gasteiger partial charge < -0.3 is 30.5 Å². The Labute approximate surface area is 284 Å². The average molecular weight is 655 g/mol. The summed E-state index contributed by atoms with van der Waals surface area (Å²) in [5.74, 6) is -0.515. The molecule has 8 heteroatoms. The van der Waals surface area contributed by atoms with Crippen molar-refractivity contribution in [3.63, 3.8) is 0 Å². The minimum Gasteiger partial charge on any atom is -0.494 e. The van der Waals surface area contributed by atoms with E-state index in [1.807, 2.05) is 54.6 Å². The average Bonchev–Trinajstić information content (AvgIpc) is 3.62. The Morgan fingerprint density at radius 2 is 1.14 bits per heavy atom. The fraction of sp³-hybridized carbons (Fsp3) is 0.268. The number of aromatic amines is 1. The number of aliphatic imine (C=N–C) groups is 1. The summed E-state index contributed by atoms with van der Waals surface area (Å²) in [4.78, 5) is 20.8. The first-order chi connectivity index (χ1) is 23.2. The van der Waals surface area contributed by atoms with E-state index >= 15 is 0 Å². The monoisotopic (exact) mass is 654 g/mol. The Morgan fingerprint density at radius 1 is 0.653 bits per heavy atom. The Morgan fingerprint density at radius 3 is 1.71 bits per heavy atom. The van der Waals surface area contributed by atoms with Gasteiger partial charge in [0.05, 0.1) is 22.5 Å². The highest BCUT2D eigenvalue weighted by Crippen LogP contribution is 2.49. The molecule has 8 nitrogen and oxygen atoms in total. The van der Waals surface area contributed by atoms with Gasteiger partial charge in [0.25, 0.3) is 5.91 Å². The lowest BCUT2D eigenvalue weighted by Crippen LogP contribution is -2.19. The second-order valence-corrected chi connectivity index (χ2v) is 14.8. The van der Waals surface area contributed by atoms with Gasteiger partial charge in [0.1, 0.15) is 24.4 Å². The summed E-state index contributed by atoms with van der Waals surface area (Å²) >= 11 is 0. The van der Waals surface area contributed by atoms with E-state index in [2.05, 4.69) is 44.6 Å². The molecule has 0 fully saturated rings. The molecule has 1 aromatic heterocycles. The Bertz CT molecular complexity index is 2260. The minimum atomic E-state index is -1.20. The predicted octanol–water partition coefficient (Wildman–Crippen LogP) is 7.29. The molecule has 8 rings (SSSR count). The molecule has 6 N–H and O–H groups in total. The Hall–Kier alpha value is -4.86. The number of aliphatic hydroxyl groups excluding tert-OH is 4. The molecule has 1 amide bonds. The second-order valence-electron chi connectivity index (χ2n) is 14.8. The molecule has 2 aliphatic carbocycles. The lowest BCUT2D eigenvalue weighted by molar-refractivity contribution is 0.0157. The number of aliphatic hydroxyl groups is 4. The summed E-state index contributed by atoms with van der Waals surface area (Å²) in [6.07, 6.45) is -4.66. The smallest absolute Gasteiger partial charge is 0.280 e. The molecule has 2 heterocycles. The van der Waals surface area contributed by atoms with Crippen molar-refractivity contribution in [1.29, 1.82) is 0 Å². The number of nitrogens with one attached hydrogen (secondary N) is 1. The molecule has 4 aromatic carbocycles. The van der Waals surface area contributed by atoms with Crippen LogP contribution in [0.5, 0.6) is 5.88 Å². The maximum atomic E-state index is 13.5. The van der Waals surface area contributed by atoms with Gasteiger partial charge in [-0.3, -0.25) is 4.79 Å². The third-order valence-corrected chi connectivity index (χ3v) is 10.4. The van der Waals surface area contributed by atoms with Crippen LogP contribution in [0.2, 0.25) is 0 Å². The van der Waals surface area contributed by atoms with Crippen LogP contribution in [0.1, 0.15) is 120 Å². The molecule has 4 unspecified atom stereocenters. The zero-order valence-electron chi connectivity index (χ0n) is 27.9. The largest absolute Gasteiger partial charge is 0.494 e. The van der Waals surface area contributed by atoms with Gasteiger partial charge >= 0.3 is 0 Å². The lowest BCUT2D eigenvalue weighted by Gasteiger charge is -2.31. The van der Waals surface area contributed by atoms with E-state index in [0.717, 1.165) is 33.4 Å². The summed E-state index contributed by atoms with van der Waals surface area (Å²) in [5.41, 5.74) is 9.66. The molecular formula is C41H38N2O6. The molecule has 3 aliphatic rings. The third-order valence-electron chi connectivity index (χ3n) is 10.4. The highest BCUT2D eigenvalue weighted by atomic mass is 16.3. The van der Waals surface area contributed by atoms with Crippen LogP contribution in [0.4, 0.5) is 0 Å². The zero-order valence-corrected chi connectivity index (χ0v) is 27.9. The number of aromatic hydroxyl groups is 1. The van der Waals surface area contributed by atoms with E-state index in [0.29, 0.717) is 39.1 Å². The third kappa shape index (κ3) is 4.66. The lowest BCUT2D eigenvalue weighted by atomic mass is 9.77. The number of fused-ring (bicyclic) bond motifs is 7. The molecular weight excluding hydrogens is 616 g/mol. The Kier molecular flexibility index (Phi) is 6.94. The highest BCUT2D eigenvalue weighted by Gasteiger charge is 2.38. The fourth-order valence-electron chi connectivity index (χ4n) is 7.61. The molecule has 0 saturated carbocycles. The molecule has 4 atom stereocenters. The second kappa shape index (κ2) is 10.8. The van der Waals surface area contributed by atoms with Crippen molar-refractivity contribution >= 4 is 11.6 Å². The summed E-state index contributed by atoms with van der Waals surface area (Å²) in [5, 5.41) is 56.0. The van der Waals surface area contributed by atoms with E-state index in [4.69, 9.17) is 0 Å². The SMILES string of the molecule is CC(C)c1ccc2c(c1)C(O)C(O)c1cc(C3=NC(=O)c4c(-c5ccc6c(c5)C(O)C(O)c5cc(C(C)(C)C)ccc5-6)[nH]c(O)c43)ccc1-2. The number of benzene rings is 4. The van der Waals surface area contributed by atoms with Gasteiger partial charge in [-0.25, -0.2) is 4.99 Å². The van der Waals surface area contributed by atoms with Crippen LogP contribution in [0.15, 0.2) is 77.8 Å². The molecule has 248 valence electrons. The number of carbonyl (C=O) groups is 1. The number of hydrogen-bond acceptors (Lipinski definition) is 6. The maximum Gasteiger partial charge on any atom is 0.280 e. The fourth-order valence-corrected chi connectivity index (χ4v) is 7.61. The van der Waals surface area contributed by atoms with Gasteiger partial charge in [0.15, 0.2) is 5.88 Å². The van der Waals surface area contributed by atoms with Gasteiger partial charge in [-0.2, -0.15) is 0 Å². The summed E-state index contributed by atoms with van der Waals surface area (Å²) < 4.78 is 0. The standard InChI is InChI=1S/C41H38N2O6/c1-18(2)19-6-10-23-24-11-7-20(15-28(24)36(45)35(44)27(23)14-19)33-31-32(40(49)42-33)34(43-39(31)48)21-8-12-25-26-13-9-22(41(3,4)5)17-30(26)38(47)37(46)29(25)16-21/h6-18,35-38,43-48H,1-5H3. The number of carbonyl (C=O) groups excluding carboxylic acids is 1. The van der Waals surface area contributed by atoms with E-state index in [9.17, 15) is 30.3 Å². The van der Waals surface area contributed by atoms with E-state index in [1.165, 1.54) is 0 Å². The molecule has 0 radical (unpaired) electrons. The molecule has 0 spiro atoms. The molecule has 49 heavy (non-hydrogen) atoms. The highest BCUT2D eigenvalue weighted by molar-refractivity contribution is 6.30. The van der Waals surface area contributed by atoms with E-state index in [-0.39, 0.29) is 34.1 Å². The topological polar surface area (TPSA) is 146 Å². The van der Waals surface area contributed by atoms with Crippen molar-refractivity contribution in [3.8, 4) is 39.4 Å². The summed E-state index contributed by atoms with van der Waals surface area (Å²) in [6.45, 7) is 10.5. The van der Waals surface area contributed by atoms with Crippen LogP contribution in [0, 0.1) is 0 Å². The number of nitrogens with zero attached hydrogens (tertiary/aromatic N) is 1. The van der Waals surface area contributed by atoms with Crippen LogP contribution >= 0.6 is 0 Å². The van der Waals surface area contributed by atoms with Gasteiger partial charge in [-0.1, -0.05) is 95.3 Å². The van der Waals surface area contributed by atoms with E-state index in [1.54, 1.807) is 18.2 Å². The number of hydrogen-bond donors (Lipinski definition) is 6. The normalized spacial score (nSPS) is 20.8. The van der Waals surface area contributed by atoms with Crippen molar-refractivity contribution in [1.82, 2.24) is 4.98 Å². The molecule has 0 bridgehead atoms. The number of rotatable bonds is 3. The van der Waals surface area contributed by atoms with Crippen molar-refractivity contribution in [3.05, 3.63) is 123 Å². The van der Waals surface area contributed by atoms with Crippen molar-refractivity contribution in [2.75, 3.05) is 0 Å². The summed E-state index contributed by atoms with van der Waals surface area (Å²) in [7, 11) is 0. The van der Waals surface area contributed by atoms with Crippen molar-refractivity contribution < 1.29 is 30.3 Å². The first kappa shape index (κ1) is 31.4. The summed E-state index contributed by atoms with van der Waals surface area (Å²) in [6, 6.07) is 22.7. The van der Waals surface area contributed by atoms with E-state index < -0.39 is 30.3 Å². The van der Waals surface area contributed by atoms with Crippen LogP contribution < -0.4 is 0 Å². The maximum absolute atomic E-state index is 13.5. The molecule has 1 aliphatic heterocycles. The van der Waals surface area contributed by atoms with Crippen molar-refractivity contribution in [2.24, 2.45) is 4.99 Å². The zero-order chi connectivity index (χ0) is 34.7. The van der Waals surface area contributed by atoms with Gasteiger partial charge in [-0.15, -0.1) is 0 Å². The molecule has 5 aromatic rings. The van der Waals surface area contributed by atoms with Crippen molar-refractivity contribution in [2.45, 2.75) is 70.4 Å². The minimum absolute atomic E-state index is 0.128. The quantitative estimate of drug-likeness (QED) is 0.120. The first-order valence-electron chi connectivity index (χ1n) is 16.6. The van der Waals surface area contributed by atoms with Crippen LogP contribution in [-0.2, 0) is 5.41 Å². The van der Waals surface area contributed by atoms with Crippen LogP contribution in [-0.4, -0.2) is 42.1 Å². The van der Waals surface area contributed by atoms with Gasteiger partial charge in [-0.05, 0) is 84.7 Å². The van der Waals surface area contributed by atoms with Crippen LogP contribution in [0.3, 0.4) is 0 Å². The predicted molar refractivity (Wildman–Crippen MR) is 188 cm³/mol. The number of aromatic nitrogens is 1. The first-order valence-corrected chi connectivity index (χ1v) is 16.6. The van der Waals surface area contributed by atoms with Gasteiger partial charge in [0.2, 0.25) is 0 Å². The molecule has 0 saturated heterocycles.